The van der Waals surface area contributed by atoms with Gasteiger partial charge in [-0.15, -0.1) is 0 Å². The molecule has 0 heterocycles. The van der Waals surface area contributed by atoms with Crippen molar-refractivity contribution in [2.45, 2.75) is 52.1 Å². The van der Waals surface area contributed by atoms with E-state index in [-0.39, 0.29) is 24.8 Å². The molecule has 2 amide bonds. The molecular weight excluding hydrogens is 308 g/mol. The van der Waals surface area contributed by atoms with Crippen molar-refractivity contribution in [3.8, 4) is 0 Å². The van der Waals surface area contributed by atoms with Crippen molar-refractivity contribution in [2.24, 2.45) is 0 Å². The van der Waals surface area contributed by atoms with Crippen LogP contribution < -0.4 is 5.32 Å². The predicted octanol–water partition coefficient (Wildman–Crippen LogP) is 2.18. The molecule has 132 valence electrons. The number of carboxylic acid groups (broad SMARTS) is 1. The van der Waals surface area contributed by atoms with Crippen LogP contribution in [0, 0.1) is 0 Å². The molecule has 0 bridgehead atoms. The van der Waals surface area contributed by atoms with Gasteiger partial charge < -0.3 is 15.3 Å². The molecule has 0 fully saturated rings. The Labute approximate surface area is 142 Å². The molecule has 0 aliphatic heterocycles. The quantitative estimate of drug-likeness (QED) is 0.725. The summed E-state index contributed by atoms with van der Waals surface area (Å²) in [6.45, 7) is 5.50. The van der Waals surface area contributed by atoms with E-state index in [2.05, 4.69) is 5.32 Å². The number of carboxylic acids is 1. The third-order valence-corrected chi connectivity index (χ3v) is 3.91. The van der Waals surface area contributed by atoms with E-state index < -0.39 is 11.5 Å². The summed E-state index contributed by atoms with van der Waals surface area (Å²) in [5, 5.41) is 11.9. The number of hydrogen-bond donors (Lipinski definition) is 2. The second-order valence-electron chi connectivity index (χ2n) is 6.11. The molecule has 1 aromatic rings. The maximum atomic E-state index is 12.1. The molecule has 1 atom stereocenters. The molecule has 0 radical (unpaired) electrons. The van der Waals surface area contributed by atoms with E-state index in [1.54, 1.807) is 4.90 Å². The minimum Gasteiger partial charge on any atom is -0.480 e. The Balaban J connectivity index is 2.62. The van der Waals surface area contributed by atoms with Gasteiger partial charge in [-0.2, -0.15) is 0 Å². The number of hydrogen-bond acceptors (Lipinski definition) is 3. The SMILES string of the molecule is CCCC(C)(NC(=O)CCN(Cc1ccccc1)C(C)=O)C(=O)O. The van der Waals surface area contributed by atoms with Crippen LogP contribution in [0.15, 0.2) is 30.3 Å². The minimum atomic E-state index is -1.27. The lowest BCUT2D eigenvalue weighted by molar-refractivity contribution is -0.147. The summed E-state index contributed by atoms with van der Waals surface area (Å²) in [4.78, 5) is 36.8. The van der Waals surface area contributed by atoms with Gasteiger partial charge in [-0.3, -0.25) is 9.59 Å². The maximum Gasteiger partial charge on any atom is 0.329 e. The first-order valence-electron chi connectivity index (χ1n) is 8.12. The Bertz CT molecular complexity index is 574. The van der Waals surface area contributed by atoms with E-state index in [1.807, 2.05) is 37.3 Å². The molecule has 6 nitrogen and oxygen atoms in total. The lowest BCUT2D eigenvalue weighted by atomic mass is 9.96. The van der Waals surface area contributed by atoms with Crippen LogP contribution in [0.4, 0.5) is 0 Å². The largest absolute Gasteiger partial charge is 0.480 e. The second kappa shape index (κ2) is 9.05. The molecule has 0 spiro atoms. The van der Waals surface area contributed by atoms with Gasteiger partial charge in [0.05, 0.1) is 0 Å². The highest BCUT2D eigenvalue weighted by molar-refractivity contribution is 5.87. The van der Waals surface area contributed by atoms with E-state index in [4.69, 9.17) is 0 Å². The Morgan fingerprint density at radius 2 is 1.83 bits per heavy atom. The summed E-state index contributed by atoms with van der Waals surface area (Å²) in [6, 6.07) is 9.51. The van der Waals surface area contributed by atoms with Gasteiger partial charge in [0.2, 0.25) is 11.8 Å². The molecule has 0 saturated carbocycles. The van der Waals surface area contributed by atoms with E-state index in [0.717, 1.165) is 5.56 Å². The number of nitrogens with one attached hydrogen (secondary N) is 1. The fourth-order valence-electron chi connectivity index (χ4n) is 2.48. The number of carbonyl (C=O) groups excluding carboxylic acids is 2. The molecule has 1 aromatic carbocycles. The summed E-state index contributed by atoms with van der Waals surface area (Å²) < 4.78 is 0. The van der Waals surface area contributed by atoms with Crippen LogP contribution in [0.25, 0.3) is 0 Å². The third kappa shape index (κ3) is 6.02. The fraction of sp³-hybridized carbons (Fsp3) is 0.500. The summed E-state index contributed by atoms with van der Waals surface area (Å²) >= 11 is 0. The van der Waals surface area contributed by atoms with Crippen LogP contribution in [-0.2, 0) is 20.9 Å². The first kappa shape index (κ1) is 19.7. The molecule has 0 saturated heterocycles. The smallest absolute Gasteiger partial charge is 0.329 e. The van der Waals surface area contributed by atoms with Gasteiger partial charge in [-0.05, 0) is 18.9 Å². The number of amides is 2. The zero-order valence-corrected chi connectivity index (χ0v) is 14.5. The first-order chi connectivity index (χ1) is 11.3. The van der Waals surface area contributed by atoms with E-state index in [9.17, 15) is 19.5 Å². The van der Waals surface area contributed by atoms with Gasteiger partial charge in [-0.25, -0.2) is 4.79 Å². The van der Waals surface area contributed by atoms with Crippen molar-refractivity contribution in [2.75, 3.05) is 6.54 Å². The molecule has 1 unspecified atom stereocenters. The molecule has 0 aliphatic carbocycles. The summed E-state index contributed by atoms with van der Waals surface area (Å²) in [5.41, 5.74) is -0.291. The minimum absolute atomic E-state index is 0.0685. The fourth-order valence-corrected chi connectivity index (χ4v) is 2.48. The molecule has 0 aliphatic rings. The summed E-state index contributed by atoms with van der Waals surface area (Å²) in [5.74, 6) is -1.54. The Morgan fingerprint density at radius 1 is 1.21 bits per heavy atom. The van der Waals surface area contributed by atoms with Crippen LogP contribution in [0.2, 0.25) is 0 Å². The molecule has 24 heavy (non-hydrogen) atoms. The molecule has 0 aromatic heterocycles. The van der Waals surface area contributed by atoms with Crippen LogP contribution in [0.3, 0.4) is 0 Å². The zero-order chi connectivity index (χ0) is 18.2. The Hall–Kier alpha value is -2.37. The first-order valence-corrected chi connectivity index (χ1v) is 8.12. The van der Waals surface area contributed by atoms with Crippen LogP contribution in [0.1, 0.15) is 45.6 Å². The highest BCUT2D eigenvalue weighted by Gasteiger charge is 2.33. The van der Waals surface area contributed by atoms with Crippen LogP contribution in [-0.4, -0.2) is 39.9 Å². The maximum absolute atomic E-state index is 12.1. The normalized spacial score (nSPS) is 13.0. The van der Waals surface area contributed by atoms with Crippen LogP contribution in [0.5, 0.6) is 0 Å². The lowest BCUT2D eigenvalue weighted by Crippen LogP contribution is -2.52. The monoisotopic (exact) mass is 334 g/mol. The molecular formula is C18H26N2O4. The van der Waals surface area contributed by atoms with Crippen molar-refractivity contribution < 1.29 is 19.5 Å². The highest BCUT2D eigenvalue weighted by atomic mass is 16.4. The lowest BCUT2D eigenvalue weighted by Gasteiger charge is -2.27. The van der Waals surface area contributed by atoms with Crippen molar-refractivity contribution >= 4 is 17.8 Å². The van der Waals surface area contributed by atoms with Gasteiger partial charge in [0, 0.05) is 26.4 Å². The van der Waals surface area contributed by atoms with Gasteiger partial charge in [-0.1, -0.05) is 43.7 Å². The summed E-state index contributed by atoms with van der Waals surface area (Å²) in [6.07, 6.45) is 1.07. The van der Waals surface area contributed by atoms with Crippen molar-refractivity contribution in [1.29, 1.82) is 0 Å². The van der Waals surface area contributed by atoms with Gasteiger partial charge >= 0.3 is 5.97 Å². The second-order valence-corrected chi connectivity index (χ2v) is 6.11. The molecule has 6 heteroatoms. The van der Waals surface area contributed by atoms with Gasteiger partial charge in [0.25, 0.3) is 0 Å². The van der Waals surface area contributed by atoms with Crippen molar-refractivity contribution in [3.05, 3.63) is 35.9 Å². The van der Waals surface area contributed by atoms with Gasteiger partial charge in [0.1, 0.15) is 5.54 Å². The highest BCUT2D eigenvalue weighted by Crippen LogP contribution is 2.13. The van der Waals surface area contributed by atoms with E-state index in [1.165, 1.54) is 13.8 Å². The summed E-state index contributed by atoms with van der Waals surface area (Å²) in [7, 11) is 0. The topological polar surface area (TPSA) is 86.7 Å². The number of rotatable bonds is 9. The number of nitrogens with zero attached hydrogens (tertiary/aromatic N) is 1. The van der Waals surface area contributed by atoms with Crippen LogP contribution >= 0.6 is 0 Å². The number of benzene rings is 1. The van der Waals surface area contributed by atoms with E-state index in [0.29, 0.717) is 19.4 Å². The van der Waals surface area contributed by atoms with Crippen molar-refractivity contribution in [1.82, 2.24) is 10.2 Å². The zero-order valence-electron chi connectivity index (χ0n) is 14.5. The molecule has 2 N–H and O–H groups in total. The Kier molecular flexibility index (Phi) is 7.42. The molecule has 1 rings (SSSR count). The predicted molar refractivity (Wildman–Crippen MR) is 91.2 cm³/mol. The average Bonchev–Trinajstić information content (AvgIpc) is 2.52. The average molecular weight is 334 g/mol. The third-order valence-electron chi connectivity index (χ3n) is 3.91. The Morgan fingerprint density at radius 3 is 2.33 bits per heavy atom. The van der Waals surface area contributed by atoms with Gasteiger partial charge in [0.15, 0.2) is 0 Å². The van der Waals surface area contributed by atoms with Crippen molar-refractivity contribution in [3.63, 3.8) is 0 Å². The standard InChI is InChI=1S/C18H26N2O4/c1-4-11-18(3,17(23)24)19-16(22)10-12-20(14(2)21)13-15-8-6-5-7-9-15/h5-9H,4,10-13H2,1-3H3,(H,19,22)(H,23,24). The van der Waals surface area contributed by atoms with E-state index >= 15 is 0 Å². The number of carbonyl (C=O) groups is 3. The number of aliphatic carboxylic acids is 1.